The maximum Gasteiger partial charge on any atom is 0.407 e. The van der Waals surface area contributed by atoms with Crippen molar-refractivity contribution in [1.82, 2.24) is 15.2 Å². The predicted octanol–water partition coefficient (Wildman–Crippen LogP) is 6.46. The first-order chi connectivity index (χ1) is 22.1. The number of carbonyl (C=O) groups excluding carboxylic acids is 2. The van der Waals surface area contributed by atoms with E-state index in [1.54, 1.807) is 42.6 Å². The standard InChI is InChI=1S/C38H43N3O5/c1-37(2,3)46-36(43)40-25-34-19-16-31(24-39-34)30-14-17-33(18-15-30)38(44,32-12-8-5-9-13-32)35(42)45-27-29-20-22-41(23-21-29)26-28-10-6-4-7-11-28/h4-19,24,29,44H,20-23,25-27H2,1-3H3,(H,40,43)/t38-/m0/s1. The number of aliphatic hydroxyl groups is 1. The van der Waals surface area contributed by atoms with Gasteiger partial charge in [-0.2, -0.15) is 0 Å². The molecule has 1 fully saturated rings. The lowest BCUT2D eigenvalue weighted by atomic mass is 9.85. The molecule has 1 saturated heterocycles. The van der Waals surface area contributed by atoms with Crippen molar-refractivity contribution >= 4 is 12.1 Å². The summed E-state index contributed by atoms with van der Waals surface area (Å²) in [5.41, 5.74) is 2.07. The fourth-order valence-electron chi connectivity index (χ4n) is 5.61. The third-order valence-electron chi connectivity index (χ3n) is 8.17. The summed E-state index contributed by atoms with van der Waals surface area (Å²) in [5.74, 6) is -0.435. The lowest BCUT2D eigenvalue weighted by Gasteiger charge is -2.33. The molecule has 0 saturated carbocycles. The van der Waals surface area contributed by atoms with Crippen molar-refractivity contribution in [3.05, 3.63) is 126 Å². The molecule has 3 aromatic carbocycles. The molecule has 1 amide bonds. The number of piperidine rings is 1. The third kappa shape index (κ3) is 8.59. The number of hydrogen-bond donors (Lipinski definition) is 2. The molecule has 0 aliphatic carbocycles. The van der Waals surface area contributed by atoms with Gasteiger partial charge < -0.3 is 19.9 Å². The number of nitrogens with zero attached hydrogens (tertiary/aromatic N) is 2. The molecule has 46 heavy (non-hydrogen) atoms. The van der Waals surface area contributed by atoms with Crippen LogP contribution in [0, 0.1) is 5.92 Å². The van der Waals surface area contributed by atoms with Crippen molar-refractivity contribution in [3.63, 3.8) is 0 Å². The minimum atomic E-state index is -1.96. The molecule has 0 unspecified atom stereocenters. The van der Waals surface area contributed by atoms with Crippen LogP contribution < -0.4 is 5.32 Å². The number of benzene rings is 3. The van der Waals surface area contributed by atoms with Crippen molar-refractivity contribution < 1.29 is 24.2 Å². The van der Waals surface area contributed by atoms with Gasteiger partial charge in [-0.15, -0.1) is 0 Å². The molecule has 2 heterocycles. The Kier molecular flexibility index (Phi) is 10.5. The van der Waals surface area contributed by atoms with E-state index in [4.69, 9.17) is 9.47 Å². The van der Waals surface area contributed by atoms with Crippen molar-refractivity contribution in [2.24, 2.45) is 5.92 Å². The predicted molar refractivity (Wildman–Crippen MR) is 178 cm³/mol. The molecule has 4 aromatic rings. The van der Waals surface area contributed by atoms with E-state index in [-0.39, 0.29) is 19.1 Å². The molecule has 0 spiro atoms. The second-order valence-corrected chi connectivity index (χ2v) is 12.9. The molecule has 8 nitrogen and oxygen atoms in total. The minimum Gasteiger partial charge on any atom is -0.463 e. The maximum atomic E-state index is 13.7. The van der Waals surface area contributed by atoms with Gasteiger partial charge in [-0.1, -0.05) is 91.0 Å². The normalized spacial score (nSPS) is 15.5. The lowest BCUT2D eigenvalue weighted by molar-refractivity contribution is -0.164. The fraction of sp³-hybridized carbons (Fsp3) is 0.342. The Morgan fingerprint density at radius 1 is 0.848 bits per heavy atom. The average molecular weight is 622 g/mol. The second-order valence-electron chi connectivity index (χ2n) is 12.9. The van der Waals surface area contributed by atoms with E-state index in [1.165, 1.54) is 5.56 Å². The van der Waals surface area contributed by atoms with Crippen LogP contribution in [0.5, 0.6) is 0 Å². The van der Waals surface area contributed by atoms with Crippen LogP contribution in [-0.4, -0.2) is 52.4 Å². The molecular weight excluding hydrogens is 578 g/mol. The van der Waals surface area contributed by atoms with Crippen LogP contribution in [0.15, 0.2) is 103 Å². The highest BCUT2D eigenvalue weighted by Gasteiger charge is 2.42. The number of nitrogens with one attached hydrogen (secondary N) is 1. The highest BCUT2D eigenvalue weighted by Crippen LogP contribution is 2.33. The highest BCUT2D eigenvalue weighted by molar-refractivity contribution is 5.85. The lowest BCUT2D eigenvalue weighted by Crippen LogP contribution is -2.40. The Morgan fingerprint density at radius 3 is 2.07 bits per heavy atom. The second kappa shape index (κ2) is 14.7. The maximum absolute atomic E-state index is 13.7. The number of rotatable bonds is 10. The Bertz CT molecular complexity index is 1560. The molecule has 0 bridgehead atoms. The van der Waals surface area contributed by atoms with Gasteiger partial charge >= 0.3 is 12.1 Å². The number of carbonyl (C=O) groups is 2. The number of aromatic nitrogens is 1. The number of likely N-dealkylation sites (tertiary alicyclic amines) is 1. The first kappa shape index (κ1) is 32.9. The zero-order valence-corrected chi connectivity index (χ0v) is 26.8. The molecule has 240 valence electrons. The molecule has 0 radical (unpaired) electrons. The van der Waals surface area contributed by atoms with Gasteiger partial charge in [-0.05, 0) is 80.9 Å². The first-order valence-corrected chi connectivity index (χ1v) is 15.8. The number of amides is 1. The minimum absolute atomic E-state index is 0.243. The van der Waals surface area contributed by atoms with Gasteiger partial charge in [-0.3, -0.25) is 9.88 Å². The quantitative estimate of drug-likeness (QED) is 0.196. The van der Waals surface area contributed by atoms with E-state index in [0.717, 1.165) is 43.6 Å². The number of ether oxygens (including phenoxy) is 2. The Balaban J connectivity index is 1.22. The molecule has 1 aliphatic heterocycles. The zero-order valence-electron chi connectivity index (χ0n) is 26.8. The van der Waals surface area contributed by atoms with E-state index >= 15 is 0 Å². The summed E-state index contributed by atoms with van der Waals surface area (Å²) in [4.78, 5) is 32.5. The Labute approximate surface area is 271 Å². The Morgan fingerprint density at radius 2 is 1.46 bits per heavy atom. The summed E-state index contributed by atoms with van der Waals surface area (Å²) in [6.07, 6.45) is 3.09. The molecule has 5 rings (SSSR count). The molecule has 8 heteroatoms. The van der Waals surface area contributed by atoms with Gasteiger partial charge in [0.05, 0.1) is 18.8 Å². The molecule has 1 aromatic heterocycles. The van der Waals surface area contributed by atoms with Crippen LogP contribution >= 0.6 is 0 Å². The van der Waals surface area contributed by atoms with Crippen molar-refractivity contribution in [2.45, 2.75) is 57.9 Å². The van der Waals surface area contributed by atoms with Crippen LogP contribution in [0.4, 0.5) is 4.79 Å². The van der Waals surface area contributed by atoms with Crippen molar-refractivity contribution in [1.29, 1.82) is 0 Å². The third-order valence-corrected chi connectivity index (χ3v) is 8.17. The van der Waals surface area contributed by atoms with Crippen LogP contribution in [0.2, 0.25) is 0 Å². The average Bonchev–Trinajstić information content (AvgIpc) is 3.07. The van der Waals surface area contributed by atoms with Gasteiger partial charge in [0, 0.05) is 18.3 Å². The monoisotopic (exact) mass is 621 g/mol. The first-order valence-electron chi connectivity index (χ1n) is 15.8. The number of alkyl carbamates (subject to hydrolysis) is 1. The fourth-order valence-corrected chi connectivity index (χ4v) is 5.61. The molecule has 2 N–H and O–H groups in total. The van der Waals surface area contributed by atoms with Crippen molar-refractivity contribution in [3.8, 4) is 11.1 Å². The van der Waals surface area contributed by atoms with E-state index in [0.29, 0.717) is 16.8 Å². The largest absolute Gasteiger partial charge is 0.463 e. The van der Waals surface area contributed by atoms with E-state index in [1.807, 2.05) is 57.2 Å². The topological polar surface area (TPSA) is 101 Å². The van der Waals surface area contributed by atoms with Crippen LogP contribution in [-0.2, 0) is 33.0 Å². The van der Waals surface area contributed by atoms with Crippen LogP contribution in [0.25, 0.3) is 11.1 Å². The van der Waals surface area contributed by atoms with Gasteiger partial charge in [0.25, 0.3) is 0 Å². The van der Waals surface area contributed by atoms with Crippen LogP contribution in [0.1, 0.15) is 56.0 Å². The zero-order chi connectivity index (χ0) is 32.6. The molecular formula is C38H43N3O5. The summed E-state index contributed by atoms with van der Waals surface area (Å²) in [5, 5.41) is 14.7. The SMILES string of the molecule is CC(C)(C)OC(=O)NCc1ccc(-c2ccc([C@](O)(C(=O)OCC3CCN(Cc4ccccc4)CC3)c3ccccc3)cc2)cn1. The summed E-state index contributed by atoms with van der Waals surface area (Å²) in [7, 11) is 0. The van der Waals surface area contributed by atoms with Gasteiger partial charge in [0.2, 0.25) is 5.60 Å². The molecule has 1 aliphatic rings. The van der Waals surface area contributed by atoms with Crippen LogP contribution in [0.3, 0.4) is 0 Å². The van der Waals surface area contributed by atoms with E-state index < -0.39 is 23.3 Å². The van der Waals surface area contributed by atoms with Gasteiger partial charge in [0.1, 0.15) is 5.60 Å². The van der Waals surface area contributed by atoms with Crippen molar-refractivity contribution in [2.75, 3.05) is 19.7 Å². The van der Waals surface area contributed by atoms with Gasteiger partial charge in [-0.25, -0.2) is 9.59 Å². The number of hydrogen-bond acceptors (Lipinski definition) is 7. The van der Waals surface area contributed by atoms with E-state index in [9.17, 15) is 14.7 Å². The smallest absolute Gasteiger partial charge is 0.407 e. The summed E-state index contributed by atoms with van der Waals surface area (Å²) in [6.45, 7) is 8.75. The summed E-state index contributed by atoms with van der Waals surface area (Å²) in [6, 6.07) is 30.3. The highest BCUT2D eigenvalue weighted by atomic mass is 16.6. The van der Waals surface area contributed by atoms with E-state index in [2.05, 4.69) is 39.5 Å². The molecule has 1 atom stereocenters. The Hall–Kier alpha value is -4.53. The number of pyridine rings is 1. The van der Waals surface area contributed by atoms with Gasteiger partial charge in [0.15, 0.2) is 0 Å². The summed E-state index contributed by atoms with van der Waals surface area (Å²) < 4.78 is 11.1. The summed E-state index contributed by atoms with van der Waals surface area (Å²) >= 11 is 0. The number of esters is 1.